The van der Waals surface area contributed by atoms with E-state index in [1.54, 1.807) is 7.11 Å². The monoisotopic (exact) mass is 253 g/mol. The minimum atomic E-state index is 0.602. The van der Waals surface area contributed by atoms with E-state index in [9.17, 15) is 0 Å². The highest BCUT2D eigenvalue weighted by Gasteiger charge is 2.13. The molecule has 1 aromatic rings. The minimum Gasteiger partial charge on any atom is -0.493 e. The number of nitrogens with one attached hydrogen (secondary N) is 1. The molecule has 0 aliphatic carbocycles. The van der Waals surface area contributed by atoms with Crippen molar-refractivity contribution in [1.29, 1.82) is 0 Å². The van der Waals surface area contributed by atoms with Gasteiger partial charge < -0.3 is 10.1 Å². The fourth-order valence-corrected chi connectivity index (χ4v) is 2.39. The van der Waals surface area contributed by atoms with E-state index in [0.29, 0.717) is 6.04 Å². The molecule has 1 unspecified atom stereocenters. The van der Waals surface area contributed by atoms with Gasteiger partial charge in [0.05, 0.1) is 19.0 Å². The SMILES string of the molecule is CCCC(CCc1c(OC)cnn1CC)NCC. The maximum absolute atomic E-state index is 5.38. The van der Waals surface area contributed by atoms with Crippen molar-refractivity contribution in [2.24, 2.45) is 0 Å². The lowest BCUT2D eigenvalue weighted by Crippen LogP contribution is -2.29. The molecule has 4 nitrogen and oxygen atoms in total. The van der Waals surface area contributed by atoms with Gasteiger partial charge in [0.25, 0.3) is 0 Å². The van der Waals surface area contributed by atoms with Crippen LogP contribution in [0.25, 0.3) is 0 Å². The molecule has 0 spiro atoms. The molecule has 0 aliphatic heterocycles. The third-order valence-electron chi connectivity index (χ3n) is 3.29. The molecule has 0 saturated carbocycles. The third kappa shape index (κ3) is 4.02. The van der Waals surface area contributed by atoms with Crippen molar-refractivity contribution in [2.75, 3.05) is 13.7 Å². The Bertz CT molecular complexity index is 308. The lowest BCUT2D eigenvalue weighted by atomic mass is 10.0. The molecule has 0 amide bonds. The summed E-state index contributed by atoms with van der Waals surface area (Å²) >= 11 is 0. The number of aromatic nitrogens is 2. The van der Waals surface area contributed by atoms with Crippen LogP contribution in [0.5, 0.6) is 5.75 Å². The molecule has 0 bridgehead atoms. The zero-order valence-corrected chi connectivity index (χ0v) is 12.2. The Morgan fingerprint density at radius 1 is 1.33 bits per heavy atom. The van der Waals surface area contributed by atoms with E-state index in [4.69, 9.17) is 4.74 Å². The molecule has 1 aromatic heterocycles. The van der Waals surface area contributed by atoms with Gasteiger partial charge in [-0.15, -0.1) is 0 Å². The Morgan fingerprint density at radius 3 is 2.67 bits per heavy atom. The molecule has 0 fully saturated rings. The number of rotatable bonds is 9. The summed E-state index contributed by atoms with van der Waals surface area (Å²) in [5, 5.41) is 7.90. The molecule has 0 aromatic carbocycles. The van der Waals surface area contributed by atoms with Gasteiger partial charge in [-0.2, -0.15) is 5.10 Å². The lowest BCUT2D eigenvalue weighted by molar-refractivity contribution is 0.400. The van der Waals surface area contributed by atoms with E-state index in [1.807, 2.05) is 10.9 Å². The molecular formula is C14H27N3O. The first-order chi connectivity index (χ1) is 8.76. The van der Waals surface area contributed by atoms with E-state index in [0.717, 1.165) is 31.7 Å². The molecule has 4 heteroatoms. The summed E-state index contributed by atoms with van der Waals surface area (Å²) < 4.78 is 7.41. The summed E-state index contributed by atoms with van der Waals surface area (Å²) in [6.07, 6.45) is 6.44. The maximum atomic E-state index is 5.38. The van der Waals surface area contributed by atoms with Gasteiger partial charge in [-0.3, -0.25) is 4.68 Å². The van der Waals surface area contributed by atoms with Gasteiger partial charge in [-0.05, 0) is 32.7 Å². The molecule has 0 aliphatic rings. The number of hydrogen-bond donors (Lipinski definition) is 1. The molecule has 0 saturated heterocycles. The highest BCUT2D eigenvalue weighted by molar-refractivity contribution is 5.25. The second-order valence-electron chi connectivity index (χ2n) is 4.56. The molecular weight excluding hydrogens is 226 g/mol. The summed E-state index contributed by atoms with van der Waals surface area (Å²) in [4.78, 5) is 0. The first-order valence-electron chi connectivity index (χ1n) is 7.08. The number of hydrogen-bond acceptors (Lipinski definition) is 3. The van der Waals surface area contributed by atoms with E-state index >= 15 is 0 Å². The lowest BCUT2D eigenvalue weighted by Gasteiger charge is -2.17. The smallest absolute Gasteiger partial charge is 0.159 e. The zero-order chi connectivity index (χ0) is 13.4. The van der Waals surface area contributed by atoms with Crippen LogP contribution in [0.4, 0.5) is 0 Å². The van der Waals surface area contributed by atoms with Crippen LogP contribution in [0, 0.1) is 0 Å². The molecule has 104 valence electrons. The first-order valence-corrected chi connectivity index (χ1v) is 7.08. The summed E-state index contributed by atoms with van der Waals surface area (Å²) in [6, 6.07) is 0.602. The fraction of sp³-hybridized carbons (Fsp3) is 0.786. The van der Waals surface area contributed by atoms with Crippen LogP contribution in [-0.2, 0) is 13.0 Å². The Kier molecular flexibility index (Phi) is 6.80. The van der Waals surface area contributed by atoms with Crippen LogP contribution < -0.4 is 10.1 Å². The van der Waals surface area contributed by atoms with Crippen molar-refractivity contribution in [2.45, 2.75) is 59.0 Å². The average Bonchev–Trinajstić information content (AvgIpc) is 2.78. The number of aryl methyl sites for hydroxylation is 1. The quantitative estimate of drug-likeness (QED) is 0.735. The molecule has 1 rings (SSSR count). The molecule has 18 heavy (non-hydrogen) atoms. The van der Waals surface area contributed by atoms with E-state index in [2.05, 4.69) is 31.2 Å². The summed E-state index contributed by atoms with van der Waals surface area (Å²) in [5.74, 6) is 0.920. The molecule has 1 atom stereocenters. The summed E-state index contributed by atoms with van der Waals surface area (Å²) in [6.45, 7) is 8.46. The van der Waals surface area contributed by atoms with Crippen molar-refractivity contribution in [3.63, 3.8) is 0 Å². The number of nitrogens with zero attached hydrogens (tertiary/aromatic N) is 2. The standard InChI is InChI=1S/C14H27N3O/c1-5-8-12(15-6-2)9-10-13-14(18-4)11-16-17(13)7-3/h11-12,15H,5-10H2,1-4H3. The Morgan fingerprint density at radius 2 is 2.11 bits per heavy atom. The minimum absolute atomic E-state index is 0.602. The summed E-state index contributed by atoms with van der Waals surface area (Å²) in [7, 11) is 1.72. The van der Waals surface area contributed by atoms with Crippen LogP contribution >= 0.6 is 0 Å². The van der Waals surface area contributed by atoms with Gasteiger partial charge in [-0.1, -0.05) is 20.3 Å². The molecule has 0 radical (unpaired) electrons. The predicted molar refractivity (Wildman–Crippen MR) is 75.1 cm³/mol. The van der Waals surface area contributed by atoms with Crippen molar-refractivity contribution >= 4 is 0 Å². The van der Waals surface area contributed by atoms with Crippen LogP contribution in [0.3, 0.4) is 0 Å². The second kappa shape index (κ2) is 8.14. The van der Waals surface area contributed by atoms with Gasteiger partial charge in [0.1, 0.15) is 0 Å². The number of methoxy groups -OCH3 is 1. The van der Waals surface area contributed by atoms with E-state index in [1.165, 1.54) is 18.5 Å². The van der Waals surface area contributed by atoms with Crippen LogP contribution in [-0.4, -0.2) is 29.5 Å². The summed E-state index contributed by atoms with van der Waals surface area (Å²) in [5.41, 5.74) is 1.22. The van der Waals surface area contributed by atoms with Crippen molar-refractivity contribution in [3.05, 3.63) is 11.9 Å². The predicted octanol–water partition coefficient (Wildman–Crippen LogP) is 2.62. The van der Waals surface area contributed by atoms with Crippen LogP contribution in [0.1, 0.15) is 45.7 Å². The van der Waals surface area contributed by atoms with Gasteiger partial charge in [0, 0.05) is 12.6 Å². The Balaban J connectivity index is 2.62. The van der Waals surface area contributed by atoms with Gasteiger partial charge in [0.2, 0.25) is 0 Å². The molecule has 1 N–H and O–H groups in total. The fourth-order valence-electron chi connectivity index (χ4n) is 2.39. The van der Waals surface area contributed by atoms with Crippen molar-refractivity contribution in [1.82, 2.24) is 15.1 Å². The van der Waals surface area contributed by atoms with Gasteiger partial charge in [-0.25, -0.2) is 0 Å². The van der Waals surface area contributed by atoms with E-state index in [-0.39, 0.29) is 0 Å². The normalized spacial score (nSPS) is 12.7. The van der Waals surface area contributed by atoms with Crippen LogP contribution in [0.15, 0.2) is 6.20 Å². The van der Waals surface area contributed by atoms with Crippen LogP contribution in [0.2, 0.25) is 0 Å². The maximum Gasteiger partial charge on any atom is 0.159 e. The topological polar surface area (TPSA) is 39.1 Å². The van der Waals surface area contributed by atoms with Crippen molar-refractivity contribution in [3.8, 4) is 5.75 Å². The first kappa shape index (κ1) is 15.0. The van der Waals surface area contributed by atoms with Gasteiger partial charge in [0.15, 0.2) is 5.75 Å². The highest BCUT2D eigenvalue weighted by Crippen LogP contribution is 2.20. The zero-order valence-electron chi connectivity index (χ0n) is 12.2. The highest BCUT2D eigenvalue weighted by atomic mass is 16.5. The Hall–Kier alpha value is -1.03. The van der Waals surface area contributed by atoms with E-state index < -0.39 is 0 Å². The van der Waals surface area contributed by atoms with Gasteiger partial charge >= 0.3 is 0 Å². The third-order valence-corrected chi connectivity index (χ3v) is 3.29. The number of ether oxygens (including phenoxy) is 1. The Labute approximate surface area is 111 Å². The largest absolute Gasteiger partial charge is 0.493 e. The second-order valence-corrected chi connectivity index (χ2v) is 4.56. The average molecular weight is 253 g/mol. The van der Waals surface area contributed by atoms with Crippen molar-refractivity contribution < 1.29 is 4.74 Å². The molecule has 1 heterocycles.